The molecule has 1 aliphatic rings. The van der Waals surface area contributed by atoms with E-state index < -0.39 is 0 Å². The fraction of sp³-hybridized carbons (Fsp3) is 0.667. The number of aromatic amines is 1. The molecule has 94 valence electrons. The molecule has 17 heavy (non-hydrogen) atoms. The lowest BCUT2D eigenvalue weighted by Gasteiger charge is -2.28. The molecule has 2 rings (SSSR count). The van der Waals surface area contributed by atoms with Gasteiger partial charge in [0.1, 0.15) is 16.4 Å². The minimum Gasteiger partial charge on any atom is -0.373 e. The summed E-state index contributed by atoms with van der Waals surface area (Å²) in [6.07, 6.45) is 7.55. The van der Waals surface area contributed by atoms with Crippen molar-refractivity contribution in [1.82, 2.24) is 9.97 Å². The maximum atomic E-state index is 11.5. The molecular weight excluding hydrogens is 284 g/mol. The van der Waals surface area contributed by atoms with Crippen LogP contribution in [0.15, 0.2) is 15.5 Å². The summed E-state index contributed by atoms with van der Waals surface area (Å²) < 4.78 is 5.98. The zero-order chi connectivity index (χ0) is 12.3. The number of methoxy groups -OCH3 is 1. The Balaban J connectivity index is 2.21. The van der Waals surface area contributed by atoms with E-state index in [1.54, 1.807) is 13.3 Å². The summed E-state index contributed by atoms with van der Waals surface area (Å²) in [5.41, 5.74) is -0.146. The molecular formula is C12H17BrN2O2. The highest BCUT2D eigenvalue weighted by Gasteiger charge is 2.26. The van der Waals surface area contributed by atoms with Crippen molar-refractivity contribution in [2.75, 3.05) is 7.11 Å². The standard InChI is InChI=1S/C12H17BrN2O2/c1-17-10(8-5-3-2-4-6-8)11-14-7-9(13)12(16)15-11/h7-8,10H,2-6H2,1H3,(H,14,15,16). The van der Waals surface area contributed by atoms with Gasteiger partial charge in [0.15, 0.2) is 0 Å². The largest absolute Gasteiger partial charge is 0.373 e. The lowest BCUT2D eigenvalue weighted by molar-refractivity contribution is 0.0287. The molecule has 1 atom stereocenters. The first-order valence-corrected chi connectivity index (χ1v) is 6.79. The van der Waals surface area contributed by atoms with Crippen LogP contribution < -0.4 is 5.56 Å². The molecule has 1 heterocycles. The molecule has 4 nitrogen and oxygen atoms in total. The highest BCUT2D eigenvalue weighted by atomic mass is 79.9. The van der Waals surface area contributed by atoms with E-state index in [9.17, 15) is 4.79 Å². The van der Waals surface area contributed by atoms with E-state index in [0.717, 1.165) is 12.8 Å². The second kappa shape index (κ2) is 5.78. The van der Waals surface area contributed by atoms with Gasteiger partial charge < -0.3 is 9.72 Å². The van der Waals surface area contributed by atoms with Gasteiger partial charge in [0, 0.05) is 13.3 Å². The van der Waals surface area contributed by atoms with E-state index in [0.29, 0.717) is 16.2 Å². The summed E-state index contributed by atoms with van der Waals surface area (Å²) in [5.74, 6) is 1.12. The van der Waals surface area contributed by atoms with E-state index >= 15 is 0 Å². The molecule has 1 aromatic heterocycles. The predicted octanol–water partition coefficient (Wildman–Crippen LogP) is 2.80. The normalized spacial score (nSPS) is 19.2. The zero-order valence-electron chi connectivity index (χ0n) is 9.91. The molecule has 0 amide bonds. The van der Waals surface area contributed by atoms with Crippen LogP contribution in [0.3, 0.4) is 0 Å². The Morgan fingerprint density at radius 2 is 2.18 bits per heavy atom. The SMILES string of the molecule is COC(c1ncc(Br)c(=O)[nH]1)C1CCCCC1. The Hall–Kier alpha value is -0.680. The van der Waals surface area contributed by atoms with Crippen LogP contribution in [0.4, 0.5) is 0 Å². The van der Waals surface area contributed by atoms with Gasteiger partial charge in [-0.15, -0.1) is 0 Å². The fourth-order valence-electron chi connectivity index (χ4n) is 2.50. The molecule has 0 bridgehead atoms. The Bertz CT molecular complexity index is 427. The Kier molecular flexibility index (Phi) is 4.34. The Morgan fingerprint density at radius 1 is 1.47 bits per heavy atom. The first-order chi connectivity index (χ1) is 8.22. The third kappa shape index (κ3) is 2.96. The first-order valence-electron chi connectivity index (χ1n) is 6.00. The van der Waals surface area contributed by atoms with Crippen molar-refractivity contribution in [2.24, 2.45) is 5.92 Å². The van der Waals surface area contributed by atoms with Gasteiger partial charge in [-0.1, -0.05) is 19.3 Å². The number of halogens is 1. The van der Waals surface area contributed by atoms with E-state index in [4.69, 9.17) is 4.74 Å². The molecule has 0 spiro atoms. The molecule has 0 aromatic carbocycles. The van der Waals surface area contributed by atoms with Crippen LogP contribution in [-0.2, 0) is 4.74 Å². The van der Waals surface area contributed by atoms with Gasteiger partial charge in [0.25, 0.3) is 5.56 Å². The van der Waals surface area contributed by atoms with Crippen LogP contribution in [-0.4, -0.2) is 17.1 Å². The fourth-order valence-corrected chi connectivity index (χ4v) is 2.70. The summed E-state index contributed by atoms with van der Waals surface area (Å²) in [7, 11) is 1.68. The van der Waals surface area contributed by atoms with Gasteiger partial charge >= 0.3 is 0 Å². The molecule has 5 heteroatoms. The predicted molar refractivity (Wildman–Crippen MR) is 68.9 cm³/mol. The molecule has 0 radical (unpaired) electrons. The van der Waals surface area contributed by atoms with Gasteiger partial charge in [-0.2, -0.15) is 0 Å². The lowest BCUT2D eigenvalue weighted by Crippen LogP contribution is -2.23. The molecule has 0 saturated heterocycles. The average molecular weight is 301 g/mol. The maximum absolute atomic E-state index is 11.5. The topological polar surface area (TPSA) is 55.0 Å². The van der Waals surface area contributed by atoms with Crippen molar-refractivity contribution < 1.29 is 4.74 Å². The van der Waals surface area contributed by atoms with Crippen molar-refractivity contribution in [1.29, 1.82) is 0 Å². The number of hydrogen-bond donors (Lipinski definition) is 1. The second-order valence-electron chi connectivity index (χ2n) is 4.50. The van der Waals surface area contributed by atoms with Gasteiger partial charge in [0.2, 0.25) is 0 Å². The van der Waals surface area contributed by atoms with E-state index in [2.05, 4.69) is 25.9 Å². The molecule has 1 N–H and O–H groups in total. The number of nitrogens with one attached hydrogen (secondary N) is 1. The van der Waals surface area contributed by atoms with Crippen molar-refractivity contribution >= 4 is 15.9 Å². The minimum atomic E-state index is -0.146. The van der Waals surface area contributed by atoms with Gasteiger partial charge in [-0.05, 0) is 34.7 Å². The molecule has 1 aromatic rings. The van der Waals surface area contributed by atoms with Crippen molar-refractivity contribution in [3.05, 3.63) is 26.8 Å². The van der Waals surface area contributed by atoms with Gasteiger partial charge in [0.05, 0.1) is 0 Å². The summed E-state index contributed by atoms with van der Waals surface area (Å²) >= 11 is 3.15. The van der Waals surface area contributed by atoms with Crippen LogP contribution in [0, 0.1) is 5.92 Å². The third-order valence-electron chi connectivity index (χ3n) is 3.38. The van der Waals surface area contributed by atoms with Crippen LogP contribution in [0.2, 0.25) is 0 Å². The lowest BCUT2D eigenvalue weighted by atomic mass is 9.85. The molecule has 0 aliphatic heterocycles. The Morgan fingerprint density at radius 3 is 2.76 bits per heavy atom. The van der Waals surface area contributed by atoms with E-state index in [1.165, 1.54) is 19.3 Å². The number of aromatic nitrogens is 2. The smallest absolute Gasteiger partial charge is 0.265 e. The molecule has 1 unspecified atom stereocenters. The number of rotatable bonds is 3. The number of H-pyrrole nitrogens is 1. The van der Waals surface area contributed by atoms with Crippen LogP contribution in [0.1, 0.15) is 44.0 Å². The van der Waals surface area contributed by atoms with Crippen molar-refractivity contribution in [2.45, 2.75) is 38.2 Å². The summed E-state index contributed by atoms with van der Waals surface area (Å²) in [6, 6.07) is 0. The minimum absolute atomic E-state index is 0.0869. The van der Waals surface area contributed by atoms with Gasteiger partial charge in [-0.3, -0.25) is 4.79 Å². The van der Waals surface area contributed by atoms with Crippen molar-refractivity contribution in [3.8, 4) is 0 Å². The van der Waals surface area contributed by atoms with Crippen molar-refractivity contribution in [3.63, 3.8) is 0 Å². The quantitative estimate of drug-likeness (QED) is 0.934. The van der Waals surface area contributed by atoms with Crippen LogP contribution in [0.25, 0.3) is 0 Å². The molecule has 1 saturated carbocycles. The summed E-state index contributed by atoms with van der Waals surface area (Å²) in [5, 5.41) is 0. The van der Waals surface area contributed by atoms with E-state index in [-0.39, 0.29) is 11.7 Å². The van der Waals surface area contributed by atoms with Gasteiger partial charge in [-0.25, -0.2) is 4.98 Å². The summed E-state index contributed by atoms with van der Waals surface area (Å²) in [4.78, 5) is 18.6. The summed E-state index contributed by atoms with van der Waals surface area (Å²) in [6.45, 7) is 0. The molecule has 1 fully saturated rings. The average Bonchev–Trinajstić information content (AvgIpc) is 2.36. The highest BCUT2D eigenvalue weighted by Crippen LogP contribution is 2.34. The number of hydrogen-bond acceptors (Lipinski definition) is 3. The number of ether oxygens (including phenoxy) is 1. The van der Waals surface area contributed by atoms with E-state index in [1.807, 2.05) is 0 Å². The maximum Gasteiger partial charge on any atom is 0.265 e. The Labute approximate surface area is 109 Å². The van der Waals surface area contributed by atoms with Crippen LogP contribution >= 0.6 is 15.9 Å². The highest BCUT2D eigenvalue weighted by molar-refractivity contribution is 9.10. The number of nitrogens with zero attached hydrogens (tertiary/aromatic N) is 1. The second-order valence-corrected chi connectivity index (χ2v) is 5.35. The molecule has 1 aliphatic carbocycles. The van der Waals surface area contributed by atoms with Crippen LogP contribution in [0.5, 0.6) is 0 Å². The zero-order valence-corrected chi connectivity index (χ0v) is 11.5. The monoisotopic (exact) mass is 300 g/mol. The first kappa shape index (κ1) is 12.8. The third-order valence-corrected chi connectivity index (χ3v) is 3.94.